The third-order valence-corrected chi connectivity index (χ3v) is 4.26. The second-order valence-electron chi connectivity index (χ2n) is 5.99. The molecule has 0 saturated heterocycles. The van der Waals surface area contributed by atoms with Crippen LogP contribution in [0, 0.1) is 0 Å². The van der Waals surface area contributed by atoms with Crippen molar-refractivity contribution in [3.8, 4) is 0 Å². The van der Waals surface area contributed by atoms with Gasteiger partial charge in [0, 0.05) is 16.8 Å². The average Bonchev–Trinajstić information content (AvgIpc) is 2.94. The van der Waals surface area contributed by atoms with Gasteiger partial charge in [0.2, 0.25) is 5.91 Å². The van der Waals surface area contributed by atoms with Gasteiger partial charge in [-0.05, 0) is 49.7 Å². The number of rotatable bonds is 5. The van der Waals surface area contributed by atoms with Gasteiger partial charge in [0.05, 0.1) is 17.1 Å². The number of nitrogens with one attached hydrogen (secondary N) is 4. The SMILES string of the molecule is C[C@H](N[C@@H](C)c1cccc(Cl)c1)C(=O)Nc1ccc2[nH]c(=O)[nH]c2c1. The zero-order valence-corrected chi connectivity index (χ0v) is 14.6. The van der Waals surface area contributed by atoms with Gasteiger partial charge in [-0.3, -0.25) is 10.1 Å². The van der Waals surface area contributed by atoms with E-state index in [2.05, 4.69) is 20.6 Å². The number of carbonyl (C=O) groups is 1. The van der Waals surface area contributed by atoms with Crippen molar-refractivity contribution in [2.45, 2.75) is 25.9 Å². The van der Waals surface area contributed by atoms with Crippen LogP contribution in [0.4, 0.5) is 5.69 Å². The molecule has 0 aliphatic carbocycles. The van der Waals surface area contributed by atoms with E-state index in [0.717, 1.165) is 5.56 Å². The molecule has 1 aromatic heterocycles. The third-order valence-electron chi connectivity index (χ3n) is 4.03. The van der Waals surface area contributed by atoms with Crippen LogP contribution in [0.1, 0.15) is 25.5 Å². The van der Waals surface area contributed by atoms with E-state index in [4.69, 9.17) is 11.6 Å². The van der Waals surface area contributed by atoms with Gasteiger partial charge in [0.1, 0.15) is 0 Å². The average molecular weight is 359 g/mol. The summed E-state index contributed by atoms with van der Waals surface area (Å²) >= 11 is 6.01. The molecule has 25 heavy (non-hydrogen) atoms. The minimum atomic E-state index is -0.407. The molecule has 1 amide bonds. The first-order chi connectivity index (χ1) is 11.9. The highest BCUT2D eigenvalue weighted by Crippen LogP contribution is 2.18. The van der Waals surface area contributed by atoms with E-state index < -0.39 is 6.04 Å². The molecule has 1 heterocycles. The molecular weight excluding hydrogens is 340 g/mol. The van der Waals surface area contributed by atoms with Crippen molar-refractivity contribution >= 4 is 34.2 Å². The smallest absolute Gasteiger partial charge is 0.323 e. The second kappa shape index (κ2) is 7.13. The molecule has 4 N–H and O–H groups in total. The fraction of sp³-hybridized carbons (Fsp3) is 0.222. The van der Waals surface area contributed by atoms with Crippen molar-refractivity contribution in [1.29, 1.82) is 0 Å². The fourth-order valence-electron chi connectivity index (χ4n) is 2.68. The lowest BCUT2D eigenvalue weighted by molar-refractivity contribution is -0.117. The number of aromatic amines is 2. The second-order valence-corrected chi connectivity index (χ2v) is 6.43. The number of benzene rings is 2. The molecule has 130 valence electrons. The van der Waals surface area contributed by atoms with Gasteiger partial charge < -0.3 is 15.3 Å². The van der Waals surface area contributed by atoms with Gasteiger partial charge in [0.25, 0.3) is 0 Å². The largest absolute Gasteiger partial charge is 0.325 e. The van der Waals surface area contributed by atoms with E-state index in [1.165, 1.54) is 0 Å². The number of halogens is 1. The summed E-state index contributed by atoms with van der Waals surface area (Å²) in [4.78, 5) is 29.0. The molecule has 3 rings (SSSR count). The number of carbonyl (C=O) groups excluding carboxylic acids is 1. The maximum Gasteiger partial charge on any atom is 0.323 e. The van der Waals surface area contributed by atoms with Gasteiger partial charge in [-0.2, -0.15) is 0 Å². The summed E-state index contributed by atoms with van der Waals surface area (Å²) in [6.07, 6.45) is 0. The van der Waals surface area contributed by atoms with Crippen LogP contribution in [-0.2, 0) is 4.79 Å². The van der Waals surface area contributed by atoms with Crippen molar-refractivity contribution in [3.05, 3.63) is 63.5 Å². The van der Waals surface area contributed by atoms with Crippen molar-refractivity contribution < 1.29 is 4.79 Å². The molecule has 0 unspecified atom stereocenters. The Hall–Kier alpha value is -2.57. The Morgan fingerprint density at radius 2 is 1.84 bits per heavy atom. The minimum Gasteiger partial charge on any atom is -0.325 e. The molecule has 2 aromatic carbocycles. The third kappa shape index (κ3) is 4.10. The van der Waals surface area contributed by atoms with Crippen LogP contribution in [0.3, 0.4) is 0 Å². The first-order valence-corrected chi connectivity index (χ1v) is 8.34. The van der Waals surface area contributed by atoms with E-state index in [1.54, 1.807) is 25.1 Å². The van der Waals surface area contributed by atoms with E-state index in [0.29, 0.717) is 21.7 Å². The Bertz CT molecular complexity index is 963. The molecule has 0 fully saturated rings. The summed E-state index contributed by atoms with van der Waals surface area (Å²) in [5, 5.41) is 6.76. The van der Waals surface area contributed by atoms with Crippen LogP contribution in [0.5, 0.6) is 0 Å². The predicted octanol–water partition coefficient (Wildman–Crippen LogP) is 3.19. The lowest BCUT2D eigenvalue weighted by atomic mass is 10.1. The lowest BCUT2D eigenvalue weighted by Crippen LogP contribution is -2.39. The topological polar surface area (TPSA) is 89.8 Å². The van der Waals surface area contributed by atoms with Crippen molar-refractivity contribution in [2.75, 3.05) is 5.32 Å². The van der Waals surface area contributed by atoms with E-state index in [-0.39, 0.29) is 17.6 Å². The molecule has 6 nitrogen and oxygen atoms in total. The molecule has 0 radical (unpaired) electrons. The van der Waals surface area contributed by atoms with Crippen molar-refractivity contribution in [3.63, 3.8) is 0 Å². The number of fused-ring (bicyclic) bond motifs is 1. The molecule has 0 aliphatic heterocycles. The summed E-state index contributed by atoms with van der Waals surface area (Å²) in [7, 11) is 0. The van der Waals surface area contributed by atoms with Crippen LogP contribution in [0.2, 0.25) is 5.02 Å². The maximum absolute atomic E-state index is 12.4. The van der Waals surface area contributed by atoms with Gasteiger partial charge in [-0.15, -0.1) is 0 Å². The highest BCUT2D eigenvalue weighted by atomic mass is 35.5. The van der Waals surface area contributed by atoms with Gasteiger partial charge in [0.15, 0.2) is 0 Å². The number of hydrogen-bond acceptors (Lipinski definition) is 3. The predicted molar refractivity (Wildman–Crippen MR) is 100 cm³/mol. The van der Waals surface area contributed by atoms with Crippen LogP contribution in [0.15, 0.2) is 47.3 Å². The summed E-state index contributed by atoms with van der Waals surface area (Å²) in [5.41, 5.74) is 2.71. The minimum absolute atomic E-state index is 0.0250. The van der Waals surface area contributed by atoms with E-state index >= 15 is 0 Å². The van der Waals surface area contributed by atoms with Crippen molar-refractivity contribution in [1.82, 2.24) is 15.3 Å². The molecular formula is C18H19ClN4O2. The normalized spacial score (nSPS) is 13.6. The van der Waals surface area contributed by atoms with E-state index in [9.17, 15) is 9.59 Å². The van der Waals surface area contributed by atoms with Crippen LogP contribution in [0.25, 0.3) is 11.0 Å². The summed E-state index contributed by atoms with van der Waals surface area (Å²) in [5.74, 6) is -0.161. The molecule has 2 atom stereocenters. The zero-order valence-electron chi connectivity index (χ0n) is 13.9. The van der Waals surface area contributed by atoms with Gasteiger partial charge in [-0.1, -0.05) is 23.7 Å². The Labute approximate surface area is 149 Å². The fourth-order valence-corrected chi connectivity index (χ4v) is 2.88. The van der Waals surface area contributed by atoms with Crippen LogP contribution >= 0.6 is 11.6 Å². The number of H-pyrrole nitrogens is 2. The zero-order chi connectivity index (χ0) is 18.0. The Balaban J connectivity index is 1.66. The molecule has 0 aliphatic rings. The number of imidazole rings is 1. The maximum atomic E-state index is 12.4. The molecule has 0 spiro atoms. The van der Waals surface area contributed by atoms with Crippen LogP contribution < -0.4 is 16.3 Å². The molecule has 0 bridgehead atoms. The summed E-state index contributed by atoms with van der Waals surface area (Å²) in [6, 6.07) is 12.3. The first kappa shape index (κ1) is 17.3. The summed E-state index contributed by atoms with van der Waals surface area (Å²) in [6.45, 7) is 3.78. The number of aromatic nitrogens is 2. The quantitative estimate of drug-likeness (QED) is 0.564. The standard InChI is InChI=1S/C18H19ClN4O2/c1-10(12-4-3-5-13(19)8-12)20-11(2)17(24)21-14-6-7-15-16(9-14)23-18(25)22-15/h3-11,20H,1-2H3,(H,21,24)(H2,22,23,25)/t10-,11-/m0/s1. The Kier molecular flexibility index (Phi) is 4.92. The highest BCUT2D eigenvalue weighted by molar-refractivity contribution is 6.30. The lowest BCUT2D eigenvalue weighted by Gasteiger charge is -2.20. The number of anilines is 1. The van der Waals surface area contributed by atoms with Gasteiger partial charge >= 0.3 is 5.69 Å². The van der Waals surface area contributed by atoms with Gasteiger partial charge in [-0.25, -0.2) is 4.79 Å². The molecule has 0 saturated carbocycles. The van der Waals surface area contributed by atoms with Crippen LogP contribution in [-0.4, -0.2) is 21.9 Å². The van der Waals surface area contributed by atoms with Crippen molar-refractivity contribution in [2.24, 2.45) is 0 Å². The first-order valence-electron chi connectivity index (χ1n) is 7.97. The number of hydrogen-bond donors (Lipinski definition) is 4. The Morgan fingerprint density at radius 1 is 1.08 bits per heavy atom. The molecule has 3 aromatic rings. The summed E-state index contributed by atoms with van der Waals surface area (Å²) < 4.78 is 0. The monoisotopic (exact) mass is 358 g/mol. The molecule has 7 heteroatoms. The Morgan fingerprint density at radius 3 is 2.60 bits per heavy atom. The number of amides is 1. The van der Waals surface area contributed by atoms with E-state index in [1.807, 2.05) is 31.2 Å². The highest BCUT2D eigenvalue weighted by Gasteiger charge is 2.17.